The number of aryl methyl sites for hydroxylation is 1. The third-order valence-electron chi connectivity index (χ3n) is 3.75. The van der Waals surface area contributed by atoms with E-state index in [9.17, 15) is 4.79 Å². The van der Waals surface area contributed by atoms with Crippen LogP contribution >= 0.6 is 0 Å². The number of oxime groups is 1. The van der Waals surface area contributed by atoms with Crippen LogP contribution in [0.2, 0.25) is 0 Å². The summed E-state index contributed by atoms with van der Waals surface area (Å²) in [6.45, 7) is 2.29. The summed E-state index contributed by atoms with van der Waals surface area (Å²) in [5, 5.41) is 8.15. The minimum atomic E-state index is -0.322. The van der Waals surface area contributed by atoms with E-state index in [0.717, 1.165) is 21.9 Å². The summed E-state index contributed by atoms with van der Waals surface area (Å²) in [5.41, 5.74) is 8.40. The van der Waals surface area contributed by atoms with Gasteiger partial charge in [-0.1, -0.05) is 66.2 Å². The molecule has 0 aromatic heterocycles. The molecule has 0 aliphatic heterocycles. The summed E-state index contributed by atoms with van der Waals surface area (Å²) in [5.74, 6) is -0.400. The quantitative estimate of drug-likeness (QED) is 0.437. The van der Waals surface area contributed by atoms with Crippen molar-refractivity contribution in [3.05, 3.63) is 83.4 Å². The fraction of sp³-hybridized carbons (Fsp3) is 0.100. The van der Waals surface area contributed by atoms with Gasteiger partial charge in [0.15, 0.2) is 0 Å². The zero-order valence-electron chi connectivity index (χ0n) is 13.9. The zero-order valence-corrected chi connectivity index (χ0v) is 13.9. The number of carbonyl (C=O) groups is 1. The maximum Gasteiger partial charge on any atom is 0.258 e. The van der Waals surface area contributed by atoms with Gasteiger partial charge in [0.05, 0.1) is 0 Å². The summed E-state index contributed by atoms with van der Waals surface area (Å²) < 4.78 is 0. The molecule has 3 N–H and O–H groups in total. The Hall–Kier alpha value is -3.34. The van der Waals surface area contributed by atoms with Crippen LogP contribution in [-0.4, -0.2) is 11.9 Å². The van der Waals surface area contributed by atoms with Crippen LogP contribution in [0.1, 0.15) is 21.5 Å². The second-order valence-electron chi connectivity index (χ2n) is 5.72. The Balaban J connectivity index is 1.65. The molecule has 0 saturated heterocycles. The van der Waals surface area contributed by atoms with E-state index >= 15 is 0 Å². The van der Waals surface area contributed by atoms with Gasteiger partial charge in [0, 0.05) is 5.56 Å². The molecule has 0 saturated carbocycles. The lowest BCUT2D eigenvalue weighted by Gasteiger charge is -2.07. The SMILES string of the molecule is Cc1cccc(CON=C(N)NC(=O)c2cccc3ccccc23)c1. The van der Waals surface area contributed by atoms with Crippen LogP contribution in [0.4, 0.5) is 0 Å². The van der Waals surface area contributed by atoms with Gasteiger partial charge >= 0.3 is 0 Å². The molecule has 0 aliphatic carbocycles. The molecule has 0 aliphatic rings. The number of hydrogen-bond acceptors (Lipinski definition) is 3. The number of hydrogen-bond donors (Lipinski definition) is 2. The summed E-state index contributed by atoms with van der Waals surface area (Å²) in [4.78, 5) is 17.6. The largest absolute Gasteiger partial charge is 0.388 e. The van der Waals surface area contributed by atoms with Gasteiger partial charge < -0.3 is 10.6 Å². The Morgan fingerprint density at radius 2 is 1.84 bits per heavy atom. The first-order valence-corrected chi connectivity index (χ1v) is 7.93. The molecule has 3 rings (SSSR count). The van der Waals surface area contributed by atoms with Gasteiger partial charge in [0.2, 0.25) is 5.96 Å². The van der Waals surface area contributed by atoms with Gasteiger partial charge in [-0.15, -0.1) is 0 Å². The van der Waals surface area contributed by atoms with Crippen molar-refractivity contribution in [3.63, 3.8) is 0 Å². The normalized spacial score (nSPS) is 11.3. The summed E-state index contributed by atoms with van der Waals surface area (Å²) in [6, 6.07) is 21.1. The molecular formula is C20H19N3O2. The maximum absolute atomic E-state index is 12.4. The number of rotatable bonds is 4. The van der Waals surface area contributed by atoms with Crippen molar-refractivity contribution in [2.75, 3.05) is 0 Å². The summed E-state index contributed by atoms with van der Waals surface area (Å²) in [7, 11) is 0. The molecule has 0 spiro atoms. The number of nitrogens with two attached hydrogens (primary N) is 1. The molecule has 0 bridgehead atoms. The lowest BCUT2D eigenvalue weighted by Crippen LogP contribution is -2.37. The highest BCUT2D eigenvalue weighted by molar-refractivity contribution is 6.12. The van der Waals surface area contributed by atoms with Crippen molar-refractivity contribution < 1.29 is 9.63 Å². The standard InChI is InChI=1S/C20H19N3O2/c1-14-6-4-7-15(12-14)13-25-23-20(21)22-19(24)18-11-5-9-16-8-2-3-10-17(16)18/h2-12H,13H2,1H3,(H3,21,22,23,24). The van der Waals surface area contributed by atoms with Gasteiger partial charge in [-0.25, -0.2) is 0 Å². The number of carbonyl (C=O) groups excluding carboxylic acids is 1. The van der Waals surface area contributed by atoms with E-state index in [0.29, 0.717) is 5.56 Å². The van der Waals surface area contributed by atoms with Crippen molar-refractivity contribution in [1.29, 1.82) is 0 Å². The lowest BCUT2D eigenvalue weighted by atomic mass is 10.0. The highest BCUT2D eigenvalue weighted by atomic mass is 16.6. The molecule has 3 aromatic carbocycles. The summed E-state index contributed by atoms with van der Waals surface area (Å²) in [6.07, 6.45) is 0. The molecule has 0 fully saturated rings. The van der Waals surface area contributed by atoms with Crippen LogP contribution < -0.4 is 11.1 Å². The van der Waals surface area contributed by atoms with Gasteiger partial charge in [0.1, 0.15) is 6.61 Å². The molecule has 5 heteroatoms. The first kappa shape index (κ1) is 16.5. The highest BCUT2D eigenvalue weighted by Crippen LogP contribution is 2.18. The zero-order chi connectivity index (χ0) is 17.6. The lowest BCUT2D eigenvalue weighted by molar-refractivity contribution is 0.0969. The van der Waals surface area contributed by atoms with E-state index in [2.05, 4.69) is 10.5 Å². The van der Waals surface area contributed by atoms with Crippen molar-refractivity contribution in [1.82, 2.24) is 5.32 Å². The number of nitrogens with zero attached hydrogens (tertiary/aromatic N) is 1. The predicted octanol–water partition coefficient (Wildman–Crippen LogP) is 3.32. The van der Waals surface area contributed by atoms with Crippen molar-refractivity contribution in [2.24, 2.45) is 10.9 Å². The van der Waals surface area contributed by atoms with Crippen LogP contribution in [0.25, 0.3) is 10.8 Å². The fourth-order valence-electron chi connectivity index (χ4n) is 2.61. The fourth-order valence-corrected chi connectivity index (χ4v) is 2.61. The van der Waals surface area contributed by atoms with Crippen LogP contribution in [-0.2, 0) is 11.4 Å². The van der Waals surface area contributed by atoms with E-state index < -0.39 is 0 Å². The molecule has 0 radical (unpaired) electrons. The average molecular weight is 333 g/mol. The third-order valence-corrected chi connectivity index (χ3v) is 3.75. The molecule has 0 heterocycles. The van der Waals surface area contributed by atoms with Gasteiger partial charge in [-0.2, -0.15) is 0 Å². The van der Waals surface area contributed by atoms with Crippen molar-refractivity contribution in [3.8, 4) is 0 Å². The number of benzene rings is 3. The highest BCUT2D eigenvalue weighted by Gasteiger charge is 2.10. The smallest absolute Gasteiger partial charge is 0.258 e. The maximum atomic E-state index is 12.4. The summed E-state index contributed by atoms with van der Waals surface area (Å²) >= 11 is 0. The Morgan fingerprint density at radius 1 is 1.08 bits per heavy atom. The number of guanidine groups is 1. The van der Waals surface area contributed by atoms with Crippen LogP contribution in [0.15, 0.2) is 71.9 Å². The molecule has 1 amide bonds. The first-order valence-electron chi connectivity index (χ1n) is 7.93. The topological polar surface area (TPSA) is 76.7 Å². The molecule has 0 atom stereocenters. The monoisotopic (exact) mass is 333 g/mol. The Morgan fingerprint density at radius 3 is 2.68 bits per heavy atom. The Kier molecular flexibility index (Phi) is 4.95. The second-order valence-corrected chi connectivity index (χ2v) is 5.72. The van der Waals surface area contributed by atoms with E-state index in [4.69, 9.17) is 10.6 Å². The third kappa shape index (κ3) is 4.14. The Labute approximate surface area is 146 Å². The predicted molar refractivity (Wildman–Crippen MR) is 99.0 cm³/mol. The minimum Gasteiger partial charge on any atom is -0.388 e. The first-order chi connectivity index (χ1) is 12.1. The van der Waals surface area contributed by atoms with Gasteiger partial charge in [-0.05, 0) is 34.5 Å². The van der Waals surface area contributed by atoms with Crippen LogP contribution in [0.5, 0.6) is 0 Å². The second kappa shape index (κ2) is 7.49. The van der Waals surface area contributed by atoms with E-state index in [1.54, 1.807) is 6.07 Å². The minimum absolute atomic E-state index is 0.0782. The molecular weight excluding hydrogens is 314 g/mol. The molecule has 126 valence electrons. The Bertz CT molecular complexity index is 930. The molecule has 25 heavy (non-hydrogen) atoms. The molecule has 5 nitrogen and oxygen atoms in total. The van der Waals surface area contributed by atoms with E-state index in [-0.39, 0.29) is 18.5 Å². The van der Waals surface area contributed by atoms with Crippen LogP contribution in [0, 0.1) is 6.92 Å². The molecule has 3 aromatic rings. The molecule has 0 unspecified atom stereocenters. The average Bonchev–Trinajstić information content (AvgIpc) is 2.61. The van der Waals surface area contributed by atoms with Gasteiger partial charge in [-0.3, -0.25) is 10.1 Å². The van der Waals surface area contributed by atoms with Gasteiger partial charge in [0.25, 0.3) is 5.91 Å². The number of amides is 1. The van der Waals surface area contributed by atoms with E-state index in [1.807, 2.05) is 67.6 Å². The number of fused-ring (bicyclic) bond motifs is 1. The van der Waals surface area contributed by atoms with E-state index in [1.165, 1.54) is 0 Å². The number of nitrogens with one attached hydrogen (secondary N) is 1. The van der Waals surface area contributed by atoms with Crippen molar-refractivity contribution >= 4 is 22.6 Å². The van der Waals surface area contributed by atoms with Crippen LogP contribution in [0.3, 0.4) is 0 Å². The van der Waals surface area contributed by atoms with Crippen molar-refractivity contribution in [2.45, 2.75) is 13.5 Å².